The van der Waals surface area contributed by atoms with E-state index in [4.69, 9.17) is 0 Å². The molecule has 30 heavy (non-hydrogen) atoms. The van der Waals surface area contributed by atoms with Gasteiger partial charge < -0.3 is 10.2 Å². The number of nitrogens with one attached hydrogen (secondary N) is 1. The van der Waals surface area contributed by atoms with Crippen LogP contribution in [0.2, 0.25) is 0 Å². The molecule has 2 aromatic carbocycles. The molecule has 1 N–H and O–H groups in total. The van der Waals surface area contributed by atoms with Crippen molar-refractivity contribution in [1.29, 1.82) is 0 Å². The van der Waals surface area contributed by atoms with Crippen molar-refractivity contribution in [1.82, 2.24) is 10.2 Å². The van der Waals surface area contributed by atoms with Crippen molar-refractivity contribution in [3.63, 3.8) is 0 Å². The molecule has 2 aromatic rings. The molecule has 1 aliphatic rings. The average Bonchev–Trinajstić information content (AvgIpc) is 3.19. The predicted octanol–water partition coefficient (Wildman–Crippen LogP) is 4.63. The van der Waals surface area contributed by atoms with E-state index >= 15 is 0 Å². The van der Waals surface area contributed by atoms with Crippen LogP contribution in [0.3, 0.4) is 0 Å². The zero-order valence-corrected chi connectivity index (χ0v) is 18.7. The van der Waals surface area contributed by atoms with Crippen LogP contribution in [-0.2, 0) is 22.6 Å². The zero-order chi connectivity index (χ0) is 21.7. The topological polar surface area (TPSA) is 49.4 Å². The van der Waals surface area contributed by atoms with Crippen LogP contribution >= 0.6 is 0 Å². The lowest BCUT2D eigenvalue weighted by Gasteiger charge is -2.30. The molecule has 0 radical (unpaired) electrons. The Kier molecular flexibility index (Phi) is 7.30. The quantitative estimate of drug-likeness (QED) is 0.729. The molecule has 1 aliphatic carbocycles. The molecule has 4 nitrogen and oxygen atoms in total. The van der Waals surface area contributed by atoms with E-state index in [1.165, 1.54) is 5.56 Å². The maximum absolute atomic E-state index is 13.3. The molecular formula is C26H34N2O2. The molecule has 0 heterocycles. The molecule has 3 rings (SSSR count). The number of hydrogen-bond donors (Lipinski definition) is 1. The highest BCUT2D eigenvalue weighted by atomic mass is 16.2. The van der Waals surface area contributed by atoms with E-state index in [2.05, 4.69) is 23.5 Å². The van der Waals surface area contributed by atoms with E-state index in [1.807, 2.05) is 52.0 Å². The van der Waals surface area contributed by atoms with Gasteiger partial charge in [0, 0.05) is 12.6 Å². The van der Waals surface area contributed by atoms with Crippen molar-refractivity contribution in [3.05, 3.63) is 70.3 Å². The minimum absolute atomic E-state index is 0.0188. The molecule has 0 bridgehead atoms. The van der Waals surface area contributed by atoms with Crippen LogP contribution in [0.4, 0.5) is 0 Å². The number of carbonyl (C=O) groups excluding carboxylic acids is 2. The first-order valence-electron chi connectivity index (χ1n) is 11.0. The summed E-state index contributed by atoms with van der Waals surface area (Å²) in [7, 11) is 0. The van der Waals surface area contributed by atoms with Gasteiger partial charge in [-0.15, -0.1) is 0 Å². The van der Waals surface area contributed by atoms with Gasteiger partial charge in [-0.2, -0.15) is 0 Å². The highest BCUT2D eigenvalue weighted by Crippen LogP contribution is 2.19. The summed E-state index contributed by atoms with van der Waals surface area (Å²) < 4.78 is 0. The van der Waals surface area contributed by atoms with Crippen LogP contribution in [0.5, 0.6) is 0 Å². The minimum atomic E-state index is -0.509. The van der Waals surface area contributed by atoms with Gasteiger partial charge in [0.25, 0.3) is 0 Å². The number of amides is 2. The molecule has 0 aromatic heterocycles. The molecule has 0 saturated heterocycles. The Morgan fingerprint density at radius 3 is 2.13 bits per heavy atom. The molecular weight excluding hydrogens is 372 g/mol. The molecule has 0 spiro atoms. The Hall–Kier alpha value is -2.62. The van der Waals surface area contributed by atoms with Crippen LogP contribution in [0.15, 0.2) is 42.5 Å². The second-order valence-electron chi connectivity index (χ2n) is 8.85. The Labute approximate surface area is 180 Å². The second-order valence-corrected chi connectivity index (χ2v) is 8.85. The molecule has 1 saturated carbocycles. The van der Waals surface area contributed by atoms with Crippen LogP contribution in [0, 0.1) is 20.8 Å². The van der Waals surface area contributed by atoms with Gasteiger partial charge in [0.2, 0.25) is 11.8 Å². The summed E-state index contributed by atoms with van der Waals surface area (Å²) in [4.78, 5) is 28.0. The standard InChI is InChI=1S/C26H34N2O2/c1-18-9-11-22(12-10-18)17-28(21(4)26(30)27-24-7-5-6-8-24)25(29)16-23-14-19(2)13-20(3)15-23/h9-15,21,24H,5-8,16-17H2,1-4H3,(H,27,30)/t21-/m1/s1. The maximum Gasteiger partial charge on any atom is 0.242 e. The Balaban J connectivity index is 1.78. The number of carbonyl (C=O) groups is 2. The van der Waals surface area contributed by atoms with Gasteiger partial charge in [0.05, 0.1) is 6.42 Å². The van der Waals surface area contributed by atoms with Gasteiger partial charge in [0.1, 0.15) is 6.04 Å². The van der Waals surface area contributed by atoms with Crippen molar-refractivity contribution in [2.24, 2.45) is 0 Å². The summed E-state index contributed by atoms with van der Waals surface area (Å²) in [6.07, 6.45) is 4.70. The Morgan fingerprint density at radius 1 is 0.933 bits per heavy atom. The third-order valence-electron chi connectivity index (χ3n) is 5.98. The normalized spacial score (nSPS) is 15.1. The largest absolute Gasteiger partial charge is 0.352 e. The third kappa shape index (κ3) is 5.94. The van der Waals surface area contributed by atoms with Crippen LogP contribution in [-0.4, -0.2) is 28.8 Å². The fourth-order valence-corrected chi connectivity index (χ4v) is 4.31. The number of benzene rings is 2. The van der Waals surface area contributed by atoms with Crippen molar-refractivity contribution < 1.29 is 9.59 Å². The van der Waals surface area contributed by atoms with Gasteiger partial charge in [-0.1, -0.05) is 72.0 Å². The first-order valence-corrected chi connectivity index (χ1v) is 11.0. The van der Waals surface area contributed by atoms with E-state index in [9.17, 15) is 9.59 Å². The highest BCUT2D eigenvalue weighted by molar-refractivity contribution is 5.88. The monoisotopic (exact) mass is 406 g/mol. The van der Waals surface area contributed by atoms with Crippen molar-refractivity contribution in [2.45, 2.75) is 78.4 Å². The molecule has 1 fully saturated rings. The number of nitrogens with zero attached hydrogens (tertiary/aromatic N) is 1. The first-order chi connectivity index (χ1) is 14.3. The molecule has 0 aliphatic heterocycles. The fourth-order valence-electron chi connectivity index (χ4n) is 4.31. The lowest BCUT2D eigenvalue weighted by molar-refractivity contribution is -0.140. The van der Waals surface area contributed by atoms with Crippen LogP contribution in [0.1, 0.15) is 60.4 Å². The molecule has 4 heteroatoms. The summed E-state index contributed by atoms with van der Waals surface area (Å²) in [5, 5.41) is 3.16. The van der Waals surface area contributed by atoms with Crippen molar-refractivity contribution >= 4 is 11.8 Å². The lowest BCUT2D eigenvalue weighted by atomic mass is 10.0. The van der Waals surface area contributed by atoms with Crippen molar-refractivity contribution in [3.8, 4) is 0 Å². The van der Waals surface area contributed by atoms with E-state index in [1.54, 1.807) is 4.90 Å². The van der Waals surface area contributed by atoms with E-state index < -0.39 is 6.04 Å². The first kappa shape index (κ1) is 22.1. The lowest BCUT2D eigenvalue weighted by Crippen LogP contribution is -2.50. The van der Waals surface area contributed by atoms with Crippen molar-refractivity contribution in [2.75, 3.05) is 0 Å². The van der Waals surface area contributed by atoms with Crippen LogP contribution in [0.25, 0.3) is 0 Å². The fraction of sp³-hybridized carbons (Fsp3) is 0.462. The average molecular weight is 407 g/mol. The summed E-state index contributed by atoms with van der Waals surface area (Å²) in [6, 6.07) is 14.1. The van der Waals surface area contributed by atoms with E-state index in [-0.39, 0.29) is 17.9 Å². The predicted molar refractivity (Wildman–Crippen MR) is 121 cm³/mol. The number of hydrogen-bond acceptors (Lipinski definition) is 2. The van der Waals surface area contributed by atoms with Gasteiger partial charge in [-0.05, 0) is 51.7 Å². The van der Waals surface area contributed by atoms with Gasteiger partial charge in [0.15, 0.2) is 0 Å². The number of aryl methyl sites for hydroxylation is 3. The smallest absolute Gasteiger partial charge is 0.242 e. The molecule has 1 atom stereocenters. The van der Waals surface area contributed by atoms with Gasteiger partial charge in [-0.25, -0.2) is 0 Å². The van der Waals surface area contributed by atoms with Gasteiger partial charge >= 0.3 is 0 Å². The zero-order valence-electron chi connectivity index (χ0n) is 18.7. The second kappa shape index (κ2) is 9.92. The Bertz CT molecular complexity index is 862. The highest BCUT2D eigenvalue weighted by Gasteiger charge is 2.28. The number of rotatable bonds is 7. The molecule has 0 unspecified atom stereocenters. The summed E-state index contributed by atoms with van der Waals surface area (Å²) in [5.74, 6) is -0.0718. The molecule has 160 valence electrons. The maximum atomic E-state index is 13.3. The molecule has 2 amide bonds. The van der Waals surface area contributed by atoms with E-state index in [0.717, 1.165) is 47.9 Å². The Morgan fingerprint density at radius 2 is 1.53 bits per heavy atom. The minimum Gasteiger partial charge on any atom is -0.352 e. The summed E-state index contributed by atoms with van der Waals surface area (Å²) in [5.41, 5.74) is 5.51. The van der Waals surface area contributed by atoms with Crippen LogP contribution < -0.4 is 5.32 Å². The summed E-state index contributed by atoms with van der Waals surface area (Å²) >= 11 is 0. The summed E-state index contributed by atoms with van der Waals surface area (Å²) in [6.45, 7) is 8.41. The SMILES string of the molecule is Cc1ccc(CN(C(=O)Cc2cc(C)cc(C)c2)[C@H](C)C(=O)NC2CCCC2)cc1. The third-order valence-corrected chi connectivity index (χ3v) is 5.98. The van der Waals surface area contributed by atoms with Gasteiger partial charge in [-0.3, -0.25) is 9.59 Å². The van der Waals surface area contributed by atoms with E-state index in [0.29, 0.717) is 13.0 Å².